The van der Waals surface area contributed by atoms with Gasteiger partial charge in [0.25, 0.3) is 0 Å². The van der Waals surface area contributed by atoms with Crippen molar-refractivity contribution in [1.29, 1.82) is 0 Å². The number of rotatable bonds is 2. The van der Waals surface area contributed by atoms with Gasteiger partial charge in [-0.15, -0.1) is 0 Å². The molecule has 20 heavy (non-hydrogen) atoms. The van der Waals surface area contributed by atoms with Gasteiger partial charge in [0, 0.05) is 19.1 Å². The summed E-state index contributed by atoms with van der Waals surface area (Å²) in [4.78, 5) is 2.15. The van der Waals surface area contributed by atoms with Gasteiger partial charge in [-0.25, -0.2) is 4.39 Å². The molecular formula is C17H19FN2. The van der Waals surface area contributed by atoms with Gasteiger partial charge in [-0.2, -0.15) is 0 Å². The summed E-state index contributed by atoms with van der Waals surface area (Å²) in [7, 11) is 0. The van der Waals surface area contributed by atoms with E-state index in [9.17, 15) is 4.39 Å². The highest BCUT2D eigenvalue weighted by Gasteiger charge is 2.20. The first-order valence-corrected chi connectivity index (χ1v) is 7.12. The van der Waals surface area contributed by atoms with Gasteiger partial charge in [-0.1, -0.05) is 42.5 Å². The molecule has 0 saturated carbocycles. The lowest BCUT2D eigenvalue weighted by Crippen LogP contribution is -2.31. The van der Waals surface area contributed by atoms with E-state index in [4.69, 9.17) is 0 Å². The Morgan fingerprint density at radius 1 is 1.00 bits per heavy atom. The Labute approximate surface area is 119 Å². The van der Waals surface area contributed by atoms with Crippen molar-refractivity contribution in [3.05, 3.63) is 66.0 Å². The van der Waals surface area contributed by atoms with Crippen LogP contribution in [0, 0.1) is 5.82 Å². The van der Waals surface area contributed by atoms with E-state index in [0.29, 0.717) is 5.69 Å². The first kappa shape index (κ1) is 13.1. The fraction of sp³-hybridized carbons (Fsp3) is 0.294. The molecule has 0 bridgehead atoms. The predicted molar refractivity (Wildman–Crippen MR) is 80.4 cm³/mol. The third-order valence-corrected chi connectivity index (χ3v) is 3.79. The molecule has 1 aliphatic rings. The number of nitrogens with zero attached hydrogens (tertiary/aromatic N) is 1. The first-order chi connectivity index (χ1) is 9.84. The van der Waals surface area contributed by atoms with Crippen molar-refractivity contribution >= 4 is 5.69 Å². The molecule has 3 rings (SSSR count). The Morgan fingerprint density at radius 3 is 2.55 bits per heavy atom. The van der Waals surface area contributed by atoms with E-state index in [1.54, 1.807) is 6.07 Å². The quantitative estimate of drug-likeness (QED) is 0.900. The summed E-state index contributed by atoms with van der Waals surface area (Å²) < 4.78 is 14.0. The lowest BCUT2D eigenvalue weighted by Gasteiger charge is -2.27. The maximum Gasteiger partial charge on any atom is 0.146 e. The van der Waals surface area contributed by atoms with Crippen molar-refractivity contribution in [2.45, 2.75) is 12.5 Å². The van der Waals surface area contributed by atoms with E-state index in [-0.39, 0.29) is 11.9 Å². The summed E-state index contributed by atoms with van der Waals surface area (Å²) in [6, 6.07) is 17.7. The Balaban J connectivity index is 1.84. The molecule has 1 N–H and O–H groups in total. The Morgan fingerprint density at radius 2 is 1.75 bits per heavy atom. The van der Waals surface area contributed by atoms with E-state index in [1.165, 1.54) is 11.6 Å². The van der Waals surface area contributed by atoms with Gasteiger partial charge < -0.3 is 10.2 Å². The van der Waals surface area contributed by atoms with Gasteiger partial charge >= 0.3 is 0 Å². The van der Waals surface area contributed by atoms with Crippen molar-refractivity contribution < 1.29 is 4.39 Å². The number of nitrogens with one attached hydrogen (secondary N) is 1. The molecule has 0 radical (unpaired) electrons. The van der Waals surface area contributed by atoms with Gasteiger partial charge in [0.15, 0.2) is 0 Å². The third kappa shape index (κ3) is 2.83. The van der Waals surface area contributed by atoms with Crippen LogP contribution in [0.3, 0.4) is 0 Å². The molecular weight excluding hydrogens is 251 g/mol. The highest BCUT2D eigenvalue weighted by molar-refractivity contribution is 5.48. The Kier molecular flexibility index (Phi) is 3.97. The molecule has 1 atom stereocenters. The number of halogens is 1. The van der Waals surface area contributed by atoms with Gasteiger partial charge in [-0.3, -0.25) is 0 Å². The number of hydrogen-bond donors (Lipinski definition) is 1. The van der Waals surface area contributed by atoms with Crippen LogP contribution in [-0.2, 0) is 0 Å². The molecule has 1 heterocycles. The minimum absolute atomic E-state index is 0.138. The van der Waals surface area contributed by atoms with Crippen LogP contribution in [0.1, 0.15) is 18.0 Å². The lowest BCUT2D eigenvalue weighted by atomic mass is 10.1. The highest BCUT2D eigenvalue weighted by Crippen LogP contribution is 2.24. The zero-order chi connectivity index (χ0) is 13.8. The molecule has 2 aromatic carbocycles. The average Bonchev–Trinajstić information content (AvgIpc) is 2.75. The number of hydrogen-bond acceptors (Lipinski definition) is 2. The third-order valence-electron chi connectivity index (χ3n) is 3.79. The monoisotopic (exact) mass is 270 g/mol. The second kappa shape index (κ2) is 6.06. The fourth-order valence-electron chi connectivity index (χ4n) is 2.76. The Hall–Kier alpha value is -1.87. The van der Waals surface area contributed by atoms with Crippen molar-refractivity contribution in [2.75, 3.05) is 24.5 Å². The number of benzene rings is 2. The molecule has 1 fully saturated rings. The molecule has 3 heteroatoms. The van der Waals surface area contributed by atoms with Crippen molar-refractivity contribution in [3.63, 3.8) is 0 Å². The van der Waals surface area contributed by atoms with E-state index in [2.05, 4.69) is 34.5 Å². The molecule has 0 amide bonds. The second-order valence-electron chi connectivity index (χ2n) is 5.17. The summed E-state index contributed by atoms with van der Waals surface area (Å²) in [6.07, 6.45) is 1.03. The average molecular weight is 270 g/mol. The van der Waals surface area contributed by atoms with Crippen LogP contribution in [0.4, 0.5) is 10.1 Å². The summed E-state index contributed by atoms with van der Waals surface area (Å²) in [5.74, 6) is -0.138. The van der Waals surface area contributed by atoms with Crippen LogP contribution in [-0.4, -0.2) is 19.6 Å². The molecule has 1 aliphatic heterocycles. The summed E-state index contributed by atoms with van der Waals surface area (Å²) in [5.41, 5.74) is 1.97. The number of anilines is 1. The summed E-state index contributed by atoms with van der Waals surface area (Å²) in [6.45, 7) is 2.65. The largest absolute Gasteiger partial charge is 0.367 e. The molecule has 1 unspecified atom stereocenters. The molecule has 104 valence electrons. The van der Waals surface area contributed by atoms with Gasteiger partial charge in [0.05, 0.1) is 5.69 Å². The summed E-state index contributed by atoms with van der Waals surface area (Å²) >= 11 is 0. The standard InChI is InChI=1S/C17H19FN2/c18-15-9-4-5-10-17(15)20-12-6-11-19-16(13-20)14-7-2-1-3-8-14/h1-5,7-10,16,19H,6,11-13H2. The topological polar surface area (TPSA) is 15.3 Å². The van der Waals surface area contributed by atoms with E-state index < -0.39 is 0 Å². The van der Waals surface area contributed by atoms with Crippen molar-refractivity contribution in [3.8, 4) is 0 Å². The maximum atomic E-state index is 14.0. The van der Waals surface area contributed by atoms with Crippen LogP contribution in [0.5, 0.6) is 0 Å². The predicted octanol–water partition coefficient (Wildman–Crippen LogP) is 3.37. The summed E-state index contributed by atoms with van der Waals surface area (Å²) in [5, 5.41) is 3.55. The molecule has 2 nitrogen and oxygen atoms in total. The SMILES string of the molecule is Fc1ccccc1N1CCCNC(c2ccccc2)C1. The van der Waals surface area contributed by atoms with Crippen LogP contribution >= 0.6 is 0 Å². The minimum Gasteiger partial charge on any atom is -0.367 e. The fourth-order valence-corrected chi connectivity index (χ4v) is 2.76. The second-order valence-corrected chi connectivity index (χ2v) is 5.17. The van der Waals surface area contributed by atoms with Gasteiger partial charge in [0.1, 0.15) is 5.82 Å². The van der Waals surface area contributed by atoms with Crippen molar-refractivity contribution in [1.82, 2.24) is 5.32 Å². The zero-order valence-electron chi connectivity index (χ0n) is 11.4. The van der Waals surface area contributed by atoms with Crippen LogP contribution in [0.2, 0.25) is 0 Å². The van der Waals surface area contributed by atoms with E-state index >= 15 is 0 Å². The Bertz CT molecular complexity index is 556. The normalized spacial score (nSPS) is 19.6. The smallest absolute Gasteiger partial charge is 0.146 e. The molecule has 0 aromatic heterocycles. The number of para-hydroxylation sites is 1. The zero-order valence-corrected chi connectivity index (χ0v) is 11.4. The molecule has 2 aromatic rings. The van der Waals surface area contributed by atoms with Crippen LogP contribution in [0.15, 0.2) is 54.6 Å². The van der Waals surface area contributed by atoms with Crippen LogP contribution in [0.25, 0.3) is 0 Å². The van der Waals surface area contributed by atoms with Crippen molar-refractivity contribution in [2.24, 2.45) is 0 Å². The highest BCUT2D eigenvalue weighted by atomic mass is 19.1. The molecule has 0 aliphatic carbocycles. The minimum atomic E-state index is -0.138. The molecule has 1 saturated heterocycles. The van der Waals surface area contributed by atoms with Gasteiger partial charge in [0.2, 0.25) is 0 Å². The maximum absolute atomic E-state index is 14.0. The molecule has 0 spiro atoms. The first-order valence-electron chi connectivity index (χ1n) is 7.12. The lowest BCUT2D eigenvalue weighted by molar-refractivity contribution is 0.564. The van der Waals surface area contributed by atoms with Gasteiger partial charge in [-0.05, 0) is 30.7 Å². The van der Waals surface area contributed by atoms with E-state index in [0.717, 1.165) is 26.1 Å². The van der Waals surface area contributed by atoms with Crippen LogP contribution < -0.4 is 10.2 Å². The van der Waals surface area contributed by atoms with E-state index in [1.807, 2.05) is 18.2 Å².